The van der Waals surface area contributed by atoms with Crippen LogP contribution in [-0.4, -0.2) is 32.4 Å². The van der Waals surface area contributed by atoms with Gasteiger partial charge in [-0.25, -0.2) is 4.79 Å². The van der Waals surface area contributed by atoms with E-state index in [0.717, 1.165) is 65.2 Å². The smallest absolute Gasteiger partial charge is 0.346 e. The van der Waals surface area contributed by atoms with E-state index in [1.54, 1.807) is 22.6 Å². The molecule has 0 saturated carbocycles. The Morgan fingerprint density at radius 3 is 1.60 bits per heavy atom. The zero-order chi connectivity index (χ0) is 44.9. The predicted octanol–water partition coefficient (Wildman–Crippen LogP) is 16.2. The van der Waals surface area contributed by atoms with Gasteiger partial charge in [0.1, 0.15) is 31.2 Å². The highest BCUT2D eigenvalue weighted by atomic mass is 32.2. The molecule has 1 N–H and O–H groups in total. The molecule has 4 aromatic rings. The number of allylic oxidation sites excluding steroid dienone is 1. The van der Waals surface area contributed by atoms with Crippen LogP contribution in [0, 0.1) is 11.3 Å². The molecule has 0 radical (unpaired) electrons. The van der Waals surface area contributed by atoms with Crippen molar-refractivity contribution in [2.75, 3.05) is 18.1 Å². The Kier molecular flexibility index (Phi) is 21.0. The van der Waals surface area contributed by atoms with Gasteiger partial charge >= 0.3 is 5.97 Å². The number of benzene rings is 3. The molecule has 1 aliphatic heterocycles. The van der Waals surface area contributed by atoms with Crippen molar-refractivity contribution in [3.8, 4) is 17.6 Å². The van der Waals surface area contributed by atoms with Crippen LogP contribution in [0.2, 0.25) is 12.1 Å². The molecule has 5 rings (SSSR count). The highest BCUT2D eigenvalue weighted by Crippen LogP contribution is 2.49. The summed E-state index contributed by atoms with van der Waals surface area (Å²) in [5.41, 5.74) is 4.25. The zero-order valence-corrected chi connectivity index (χ0v) is 41.4. The number of carbonyl (C=O) groups is 1. The van der Waals surface area contributed by atoms with Gasteiger partial charge in [-0.1, -0.05) is 135 Å². The number of rotatable bonds is 30. The first-order chi connectivity index (χ1) is 30.8. The van der Waals surface area contributed by atoms with Gasteiger partial charge in [0.15, 0.2) is 0 Å². The quantitative estimate of drug-likeness (QED) is 0.0241. The van der Waals surface area contributed by atoms with Gasteiger partial charge < -0.3 is 19.5 Å². The molecule has 0 saturated heterocycles. The number of carboxylic acid groups (broad SMARTS) is 1. The van der Waals surface area contributed by atoms with Gasteiger partial charge in [-0.2, -0.15) is 5.26 Å². The van der Waals surface area contributed by atoms with Gasteiger partial charge in [0.2, 0.25) is 0 Å². The lowest BCUT2D eigenvalue weighted by atomic mass is 10.1. The number of hydrogen-bond acceptors (Lipinski definition) is 7. The summed E-state index contributed by atoms with van der Waals surface area (Å²) in [7, 11) is -2.07. The van der Waals surface area contributed by atoms with E-state index in [0.29, 0.717) is 0 Å². The number of unbranched alkanes of at least 4 members (excludes halogenated alkanes) is 12. The largest absolute Gasteiger partial charge is 0.494 e. The first-order valence-corrected chi connectivity index (χ1v) is 28.2. The van der Waals surface area contributed by atoms with Crippen molar-refractivity contribution in [2.24, 2.45) is 0 Å². The molecule has 3 aromatic carbocycles. The Bertz CT molecular complexity index is 2030. The highest BCUT2D eigenvalue weighted by molar-refractivity contribution is 8.08. The summed E-state index contributed by atoms with van der Waals surface area (Å²) < 4.78 is 12.2. The van der Waals surface area contributed by atoms with Crippen molar-refractivity contribution in [2.45, 2.75) is 155 Å². The van der Waals surface area contributed by atoms with Crippen LogP contribution < -0.4 is 19.6 Å². The van der Waals surface area contributed by atoms with Gasteiger partial charge in [0.05, 0.1) is 13.2 Å². The van der Waals surface area contributed by atoms with Crippen molar-refractivity contribution in [3.05, 3.63) is 105 Å². The van der Waals surface area contributed by atoms with E-state index < -0.39 is 14.0 Å². The van der Waals surface area contributed by atoms with E-state index >= 15 is 0 Å². The molecule has 9 heteroatoms. The van der Waals surface area contributed by atoms with Gasteiger partial charge in [-0.05, 0) is 115 Å². The number of aliphatic carboxylic acids is 1. The van der Waals surface area contributed by atoms with Crippen LogP contribution >= 0.6 is 23.1 Å². The number of hydrogen-bond donors (Lipinski definition) is 1. The number of carboxylic acids is 1. The van der Waals surface area contributed by atoms with E-state index in [4.69, 9.17) is 9.47 Å². The molecular formula is C54H72N2O4S2Si. The molecule has 0 bridgehead atoms. The van der Waals surface area contributed by atoms with Crippen LogP contribution in [0.25, 0.3) is 11.0 Å². The number of nitrogens with zero attached hydrogens (tertiary/aromatic N) is 2. The summed E-state index contributed by atoms with van der Waals surface area (Å²) in [6, 6.07) is 32.6. The van der Waals surface area contributed by atoms with Crippen LogP contribution in [0.15, 0.2) is 89.6 Å². The molecular weight excluding hydrogens is 833 g/mol. The maximum Gasteiger partial charge on any atom is 0.346 e. The maximum absolute atomic E-state index is 11.9. The molecule has 0 amide bonds. The first-order valence-electron chi connectivity index (χ1n) is 24.0. The number of thiophene rings is 1. The Hall–Kier alpha value is -4.23. The fourth-order valence-electron chi connectivity index (χ4n) is 8.69. The highest BCUT2D eigenvalue weighted by Gasteiger charge is 2.45. The topological polar surface area (TPSA) is 82.8 Å². The summed E-state index contributed by atoms with van der Waals surface area (Å²) in [6.07, 6.45) is 20.9. The molecule has 2 heterocycles. The Morgan fingerprint density at radius 2 is 1.16 bits per heavy atom. The summed E-state index contributed by atoms with van der Waals surface area (Å²) in [5.74, 6) is 1.45. The van der Waals surface area contributed by atoms with Gasteiger partial charge in [-0.3, -0.25) is 0 Å². The number of ether oxygens (including phenoxy) is 2. The van der Waals surface area contributed by atoms with Crippen LogP contribution in [0.4, 0.5) is 17.1 Å². The Morgan fingerprint density at radius 1 is 0.698 bits per heavy atom. The SMILES string of the molecule is CCCCCCOc1ccc(N(c2ccc(CSC3=C(C)[Si](CCCCCC)(CCCCCC)c4cc(C=C(C#N)C(=O)O)sc43)cc2)c2ccc(OCCCCCC)cc2)cc1. The minimum atomic E-state index is -2.07. The fraction of sp³-hybridized carbons (Fsp3) is 0.481. The van der Waals surface area contributed by atoms with Gasteiger partial charge in [-0.15, -0.1) is 23.1 Å². The summed E-state index contributed by atoms with van der Waals surface area (Å²) in [6.45, 7) is 12.9. The molecule has 338 valence electrons. The van der Waals surface area contributed by atoms with E-state index in [1.165, 1.54) is 123 Å². The standard InChI is InChI=1S/C54H72N2O4S2Si/c1-6-10-14-18-34-59-48-30-26-46(27-31-48)56(47-28-32-49(33-29-47)60-35-19-15-11-7-2)45-24-22-43(23-25-45)41-61-52-42(5)63(36-20-16-12-8-3,37-21-17-13-9-4)51-39-50(62-53(51)52)38-44(40-55)54(57)58/h22-33,38-39H,6-21,34-37,41H2,1-5H3,(H,57,58). The number of fused-ring (bicyclic) bond motifs is 1. The minimum absolute atomic E-state index is 0.207. The second-order valence-electron chi connectivity index (χ2n) is 17.1. The van der Waals surface area contributed by atoms with Crippen LogP contribution in [0.1, 0.15) is 153 Å². The summed E-state index contributed by atoms with van der Waals surface area (Å²) in [4.78, 5) is 17.8. The van der Waals surface area contributed by atoms with Gasteiger partial charge in [0, 0.05) is 37.5 Å². The zero-order valence-electron chi connectivity index (χ0n) is 38.8. The molecule has 1 aliphatic rings. The molecule has 1 aromatic heterocycles. The second-order valence-corrected chi connectivity index (χ2v) is 23.6. The molecule has 0 aliphatic carbocycles. The monoisotopic (exact) mass is 904 g/mol. The lowest BCUT2D eigenvalue weighted by molar-refractivity contribution is -0.132. The average Bonchev–Trinajstić information content (AvgIpc) is 3.80. The lowest BCUT2D eigenvalue weighted by Gasteiger charge is -2.30. The number of anilines is 3. The van der Waals surface area contributed by atoms with Crippen molar-refractivity contribution in [3.63, 3.8) is 0 Å². The van der Waals surface area contributed by atoms with Crippen LogP contribution in [0.3, 0.4) is 0 Å². The Balaban J connectivity index is 1.42. The maximum atomic E-state index is 11.9. The fourth-order valence-corrected chi connectivity index (χ4v) is 18.0. The van der Waals surface area contributed by atoms with Crippen LogP contribution in [0.5, 0.6) is 11.5 Å². The van der Waals surface area contributed by atoms with E-state index in [-0.39, 0.29) is 5.57 Å². The average molecular weight is 905 g/mol. The molecule has 6 nitrogen and oxygen atoms in total. The van der Waals surface area contributed by atoms with E-state index in [1.807, 2.05) is 17.8 Å². The van der Waals surface area contributed by atoms with E-state index in [9.17, 15) is 15.2 Å². The molecule has 0 atom stereocenters. The minimum Gasteiger partial charge on any atom is -0.494 e. The van der Waals surface area contributed by atoms with Crippen LogP contribution in [-0.2, 0) is 10.5 Å². The third-order valence-electron chi connectivity index (χ3n) is 12.4. The lowest BCUT2D eigenvalue weighted by Crippen LogP contribution is -2.46. The predicted molar refractivity (Wildman–Crippen MR) is 273 cm³/mol. The molecule has 0 unspecified atom stereocenters. The third kappa shape index (κ3) is 14.1. The number of nitriles is 1. The summed E-state index contributed by atoms with van der Waals surface area (Å²) in [5, 5.41) is 22.4. The van der Waals surface area contributed by atoms with Crippen molar-refractivity contribution in [1.29, 1.82) is 5.26 Å². The second kappa shape index (κ2) is 26.5. The van der Waals surface area contributed by atoms with Crippen molar-refractivity contribution < 1.29 is 19.4 Å². The Labute approximate surface area is 388 Å². The molecule has 0 fully saturated rings. The van der Waals surface area contributed by atoms with E-state index in [2.05, 4.69) is 118 Å². The first kappa shape index (κ1) is 49.8. The van der Waals surface area contributed by atoms with Crippen molar-refractivity contribution in [1.82, 2.24) is 0 Å². The molecule has 0 spiro atoms. The molecule has 63 heavy (non-hydrogen) atoms. The number of thioether (sulfide) groups is 1. The summed E-state index contributed by atoms with van der Waals surface area (Å²) >= 11 is 3.61. The van der Waals surface area contributed by atoms with Gasteiger partial charge in [0.25, 0.3) is 0 Å². The van der Waals surface area contributed by atoms with Crippen molar-refractivity contribution >= 4 is 70.4 Å². The third-order valence-corrected chi connectivity index (χ3v) is 20.8. The normalized spacial score (nSPS) is 13.2.